The van der Waals surface area contributed by atoms with E-state index in [0.717, 1.165) is 5.56 Å². The van der Waals surface area contributed by atoms with Crippen LogP contribution in [0.5, 0.6) is 0 Å². The number of halogens is 1. The molecule has 0 saturated heterocycles. The summed E-state index contributed by atoms with van der Waals surface area (Å²) in [5, 5.41) is 0. The fourth-order valence-corrected chi connectivity index (χ4v) is 1.55. The molecule has 0 aromatic heterocycles. The zero-order valence-electron chi connectivity index (χ0n) is 9.44. The Labute approximate surface area is 94.7 Å². The van der Waals surface area contributed by atoms with Crippen molar-refractivity contribution in [3.8, 4) is 0 Å². The van der Waals surface area contributed by atoms with Gasteiger partial charge in [0.1, 0.15) is 18.0 Å². The van der Waals surface area contributed by atoms with Crippen molar-refractivity contribution in [2.24, 2.45) is 5.73 Å². The van der Waals surface area contributed by atoms with Crippen LogP contribution in [0.15, 0.2) is 36.7 Å². The van der Waals surface area contributed by atoms with Crippen molar-refractivity contribution in [2.75, 3.05) is 7.11 Å². The van der Waals surface area contributed by atoms with Gasteiger partial charge in [0, 0.05) is 7.11 Å². The van der Waals surface area contributed by atoms with Gasteiger partial charge in [0.15, 0.2) is 5.88 Å². The van der Waals surface area contributed by atoms with Crippen LogP contribution in [0.25, 0.3) is 0 Å². The second kappa shape index (κ2) is 5.51. The van der Waals surface area contributed by atoms with E-state index >= 15 is 0 Å². The van der Waals surface area contributed by atoms with Gasteiger partial charge in [-0.3, -0.25) is 0 Å². The molecule has 0 fully saturated rings. The van der Waals surface area contributed by atoms with Gasteiger partial charge in [0.2, 0.25) is 0 Å². The lowest BCUT2D eigenvalue weighted by molar-refractivity contribution is -0.0218. The fraction of sp³-hybridized carbons (Fsp3) is 0.333. The number of rotatable bonds is 5. The van der Waals surface area contributed by atoms with Gasteiger partial charge in [0.25, 0.3) is 0 Å². The molecule has 1 aromatic carbocycles. The van der Waals surface area contributed by atoms with Gasteiger partial charge >= 0.3 is 0 Å². The Morgan fingerprint density at radius 1 is 1.38 bits per heavy atom. The van der Waals surface area contributed by atoms with E-state index in [9.17, 15) is 4.39 Å². The van der Waals surface area contributed by atoms with Crippen molar-refractivity contribution < 1.29 is 13.9 Å². The summed E-state index contributed by atoms with van der Waals surface area (Å²) in [7, 11) is 1.56. The summed E-state index contributed by atoms with van der Waals surface area (Å²) in [4.78, 5) is 0. The molecule has 1 rings (SSSR count). The lowest BCUT2D eigenvalue weighted by Crippen LogP contribution is -2.22. The van der Waals surface area contributed by atoms with Crippen LogP contribution >= 0.6 is 0 Å². The third kappa shape index (κ3) is 3.24. The van der Waals surface area contributed by atoms with Crippen LogP contribution in [0.2, 0.25) is 0 Å². The van der Waals surface area contributed by atoms with Gasteiger partial charge in [-0.15, -0.1) is 0 Å². The molecule has 0 unspecified atom stereocenters. The zero-order valence-corrected chi connectivity index (χ0v) is 9.44. The molecule has 3 nitrogen and oxygen atoms in total. The molecule has 88 valence electrons. The third-order valence-corrected chi connectivity index (χ3v) is 2.22. The monoisotopic (exact) mass is 225 g/mol. The Balaban J connectivity index is 2.81. The molecule has 0 spiro atoms. The molecule has 0 bridgehead atoms. The highest BCUT2D eigenvalue weighted by Gasteiger charge is 2.20. The summed E-state index contributed by atoms with van der Waals surface area (Å²) in [6, 6.07) is 6.07. The molecule has 1 aromatic rings. The summed E-state index contributed by atoms with van der Waals surface area (Å²) in [6.45, 7) is 5.27. The van der Waals surface area contributed by atoms with E-state index in [-0.39, 0.29) is 23.9 Å². The number of methoxy groups -OCH3 is 1. The highest BCUT2D eigenvalue weighted by molar-refractivity contribution is 5.19. The summed E-state index contributed by atoms with van der Waals surface area (Å²) in [5.74, 6) is -0.146. The van der Waals surface area contributed by atoms with Crippen molar-refractivity contribution in [1.29, 1.82) is 0 Å². The average Bonchev–Trinajstić information content (AvgIpc) is 2.21. The maximum Gasteiger partial charge on any atom is 0.177 e. The van der Waals surface area contributed by atoms with Gasteiger partial charge in [-0.2, -0.15) is 0 Å². The van der Waals surface area contributed by atoms with E-state index in [4.69, 9.17) is 15.2 Å². The van der Waals surface area contributed by atoms with E-state index in [1.54, 1.807) is 19.2 Å². The molecule has 0 radical (unpaired) electrons. The summed E-state index contributed by atoms with van der Waals surface area (Å²) < 4.78 is 23.3. The van der Waals surface area contributed by atoms with Gasteiger partial charge in [0.05, 0.1) is 0 Å². The molecular weight excluding hydrogens is 209 g/mol. The second-order valence-electron chi connectivity index (χ2n) is 3.50. The molecule has 2 N–H and O–H groups in total. The highest BCUT2D eigenvalue weighted by Crippen LogP contribution is 2.23. The van der Waals surface area contributed by atoms with E-state index in [1.807, 2.05) is 6.92 Å². The second-order valence-corrected chi connectivity index (χ2v) is 3.50. The van der Waals surface area contributed by atoms with Crippen molar-refractivity contribution in [2.45, 2.75) is 19.1 Å². The van der Waals surface area contributed by atoms with Gasteiger partial charge in [-0.25, -0.2) is 4.39 Å². The number of ether oxygens (including phenoxy) is 2. The molecule has 0 aliphatic heterocycles. The molecule has 2 atom stereocenters. The highest BCUT2D eigenvalue weighted by atomic mass is 19.1. The maximum absolute atomic E-state index is 12.8. The Bertz CT molecular complexity index is 351. The van der Waals surface area contributed by atoms with Crippen LogP contribution in [0, 0.1) is 5.82 Å². The topological polar surface area (TPSA) is 44.5 Å². The first-order valence-electron chi connectivity index (χ1n) is 4.94. The number of benzene rings is 1. The Kier molecular flexibility index (Phi) is 4.31. The number of nitrogens with two attached hydrogens (primary N) is 1. The van der Waals surface area contributed by atoms with E-state index in [2.05, 4.69) is 6.58 Å². The van der Waals surface area contributed by atoms with E-state index in [1.165, 1.54) is 12.1 Å². The smallest absolute Gasteiger partial charge is 0.177 e. The molecule has 4 heteroatoms. The lowest BCUT2D eigenvalue weighted by Gasteiger charge is -2.23. The third-order valence-electron chi connectivity index (χ3n) is 2.22. The summed E-state index contributed by atoms with van der Waals surface area (Å²) in [6.07, 6.45) is -0.589. The van der Waals surface area contributed by atoms with Gasteiger partial charge < -0.3 is 15.2 Å². The molecule has 16 heavy (non-hydrogen) atoms. The number of hydrogen-bond acceptors (Lipinski definition) is 3. The van der Waals surface area contributed by atoms with E-state index in [0.29, 0.717) is 0 Å². The SMILES string of the molecule is C=C(N)O[C@@H](C)[C@@H](OC)c1ccc(F)cc1. The Morgan fingerprint density at radius 3 is 2.38 bits per heavy atom. The normalized spacial score (nSPS) is 14.2. The van der Waals surface area contributed by atoms with Crippen LogP contribution in [0.1, 0.15) is 18.6 Å². The standard InChI is InChI=1S/C12H16FNO2/c1-8(16-9(2)14)12(15-3)10-4-6-11(13)7-5-10/h4-8,12H,2,14H2,1,3H3/t8-,12+/m0/s1. The van der Waals surface area contributed by atoms with E-state index < -0.39 is 0 Å². The molecule has 0 amide bonds. The van der Waals surface area contributed by atoms with Crippen molar-refractivity contribution >= 4 is 0 Å². The quantitative estimate of drug-likeness (QED) is 0.782. The molecule has 0 saturated carbocycles. The average molecular weight is 225 g/mol. The van der Waals surface area contributed by atoms with Crippen molar-refractivity contribution in [3.63, 3.8) is 0 Å². The molecular formula is C12H16FNO2. The predicted octanol–water partition coefficient (Wildman–Crippen LogP) is 2.35. The van der Waals surface area contributed by atoms with Crippen LogP contribution in [-0.4, -0.2) is 13.2 Å². The Morgan fingerprint density at radius 2 is 1.94 bits per heavy atom. The predicted molar refractivity (Wildman–Crippen MR) is 60.0 cm³/mol. The fourth-order valence-electron chi connectivity index (χ4n) is 1.55. The minimum absolute atomic E-state index is 0.136. The minimum atomic E-state index is -0.305. The summed E-state index contributed by atoms with van der Waals surface area (Å²) >= 11 is 0. The Hall–Kier alpha value is -1.55. The lowest BCUT2D eigenvalue weighted by atomic mass is 10.1. The first-order valence-corrected chi connectivity index (χ1v) is 4.94. The maximum atomic E-state index is 12.8. The van der Waals surface area contributed by atoms with Crippen LogP contribution in [0.4, 0.5) is 4.39 Å². The zero-order chi connectivity index (χ0) is 12.1. The number of hydrogen-bond donors (Lipinski definition) is 1. The minimum Gasteiger partial charge on any atom is -0.474 e. The molecule has 0 heterocycles. The van der Waals surface area contributed by atoms with Crippen LogP contribution in [-0.2, 0) is 9.47 Å². The largest absolute Gasteiger partial charge is 0.474 e. The van der Waals surface area contributed by atoms with Crippen LogP contribution < -0.4 is 5.73 Å². The molecule has 0 aliphatic rings. The summed E-state index contributed by atoms with van der Waals surface area (Å²) in [5.41, 5.74) is 6.19. The van der Waals surface area contributed by atoms with Crippen molar-refractivity contribution in [3.05, 3.63) is 48.1 Å². The van der Waals surface area contributed by atoms with Crippen LogP contribution in [0.3, 0.4) is 0 Å². The van der Waals surface area contributed by atoms with Gasteiger partial charge in [-0.05, 0) is 31.2 Å². The first-order chi connectivity index (χ1) is 7.54. The van der Waals surface area contributed by atoms with Gasteiger partial charge in [-0.1, -0.05) is 12.1 Å². The molecule has 0 aliphatic carbocycles. The first kappa shape index (κ1) is 12.5. The van der Waals surface area contributed by atoms with Crippen molar-refractivity contribution in [1.82, 2.24) is 0 Å².